The number of anilines is 1. The highest BCUT2D eigenvalue weighted by Gasteiger charge is 2.13. The molecule has 0 aliphatic rings. The van der Waals surface area contributed by atoms with Gasteiger partial charge in [0.05, 0.1) is 0 Å². The number of halogens is 1. The number of hydrogen-bond acceptors (Lipinski definition) is 4. The van der Waals surface area contributed by atoms with Crippen LogP contribution in [0.1, 0.15) is 21.7 Å². The number of nitrogens with one attached hydrogen (secondary N) is 2. The number of aromatic nitrogens is 4. The quantitative estimate of drug-likeness (QED) is 0.570. The number of carbonyl (C=O) groups is 1. The predicted octanol–water partition coefficient (Wildman–Crippen LogP) is 2.91. The highest BCUT2D eigenvalue weighted by Crippen LogP contribution is 2.14. The molecule has 0 bridgehead atoms. The van der Waals surface area contributed by atoms with Gasteiger partial charge in [-0.2, -0.15) is 9.50 Å². The maximum atomic E-state index is 12.5. The molecule has 4 aromatic rings. The zero-order chi connectivity index (χ0) is 18.8. The molecule has 0 fully saturated rings. The maximum absolute atomic E-state index is 12.5. The van der Waals surface area contributed by atoms with E-state index < -0.39 is 5.91 Å². The summed E-state index contributed by atoms with van der Waals surface area (Å²) in [5.41, 5.74) is 1.03. The highest BCUT2D eigenvalue weighted by atomic mass is 35.5. The molecule has 2 aromatic carbocycles. The highest BCUT2D eigenvalue weighted by molar-refractivity contribution is 6.31. The summed E-state index contributed by atoms with van der Waals surface area (Å²) in [4.78, 5) is 31.4. The lowest BCUT2D eigenvalue weighted by Crippen LogP contribution is -2.18. The van der Waals surface area contributed by atoms with Crippen LogP contribution in [-0.2, 0) is 6.42 Å². The normalized spacial score (nSPS) is 10.9. The Morgan fingerprint density at radius 3 is 2.70 bits per heavy atom. The predicted molar refractivity (Wildman–Crippen MR) is 102 cm³/mol. The Labute approximate surface area is 158 Å². The smallest absolute Gasteiger partial charge is 0.256 e. The van der Waals surface area contributed by atoms with Crippen molar-refractivity contribution in [1.82, 2.24) is 19.6 Å². The zero-order valence-electron chi connectivity index (χ0n) is 14.0. The second kappa shape index (κ2) is 7.05. The zero-order valence-corrected chi connectivity index (χ0v) is 14.8. The SMILES string of the molecule is O=C(Nc1cc(=O)[nH]c2nc(Cc3ccccc3)nn12)c1cccc(Cl)c1. The van der Waals surface area contributed by atoms with Crippen molar-refractivity contribution in [1.29, 1.82) is 0 Å². The Hall–Kier alpha value is -3.45. The largest absolute Gasteiger partial charge is 0.306 e. The van der Waals surface area contributed by atoms with Gasteiger partial charge in [0.2, 0.25) is 5.78 Å². The minimum absolute atomic E-state index is 0.227. The van der Waals surface area contributed by atoms with Crippen LogP contribution >= 0.6 is 11.6 Å². The second-order valence-corrected chi connectivity index (χ2v) is 6.35. The Balaban J connectivity index is 1.68. The number of amides is 1. The summed E-state index contributed by atoms with van der Waals surface area (Å²) >= 11 is 5.93. The fraction of sp³-hybridized carbons (Fsp3) is 0.0526. The third-order valence-electron chi connectivity index (χ3n) is 3.92. The Bertz CT molecular complexity index is 1180. The first-order valence-corrected chi connectivity index (χ1v) is 8.56. The van der Waals surface area contributed by atoms with Crippen molar-refractivity contribution >= 4 is 29.1 Å². The molecule has 0 saturated heterocycles. The minimum atomic E-state index is -0.399. The van der Waals surface area contributed by atoms with Crippen LogP contribution in [0.15, 0.2) is 65.5 Å². The molecule has 0 atom stereocenters. The lowest BCUT2D eigenvalue weighted by atomic mass is 10.1. The number of nitrogens with zero attached hydrogens (tertiary/aromatic N) is 3. The van der Waals surface area contributed by atoms with E-state index in [0.29, 0.717) is 22.8 Å². The summed E-state index contributed by atoms with van der Waals surface area (Å²) < 4.78 is 1.40. The van der Waals surface area contributed by atoms with E-state index in [1.54, 1.807) is 24.3 Å². The lowest BCUT2D eigenvalue weighted by Gasteiger charge is -2.06. The molecule has 0 unspecified atom stereocenters. The first kappa shape index (κ1) is 17.0. The van der Waals surface area contributed by atoms with Crippen molar-refractivity contribution < 1.29 is 4.79 Å². The number of benzene rings is 2. The standard InChI is InChI=1S/C19H14ClN5O2/c20-14-8-4-7-13(10-14)18(27)22-16-11-17(26)23-19-21-15(24-25(16)19)9-12-5-2-1-3-6-12/h1-8,10-11H,9H2,(H,22,27)(H,21,23,24,26). The molecular formula is C19H14ClN5O2. The van der Waals surface area contributed by atoms with Gasteiger partial charge < -0.3 is 5.32 Å². The molecule has 27 heavy (non-hydrogen) atoms. The van der Waals surface area contributed by atoms with Crippen LogP contribution in [-0.4, -0.2) is 25.5 Å². The number of carbonyl (C=O) groups excluding carboxylic acids is 1. The molecule has 1 amide bonds. The van der Waals surface area contributed by atoms with Crippen LogP contribution in [0.2, 0.25) is 5.02 Å². The molecule has 0 radical (unpaired) electrons. The van der Waals surface area contributed by atoms with Crippen LogP contribution in [0.25, 0.3) is 5.78 Å². The third-order valence-corrected chi connectivity index (χ3v) is 4.15. The van der Waals surface area contributed by atoms with E-state index >= 15 is 0 Å². The van der Waals surface area contributed by atoms with E-state index in [1.807, 2.05) is 30.3 Å². The summed E-state index contributed by atoms with van der Waals surface area (Å²) in [7, 11) is 0. The van der Waals surface area contributed by atoms with E-state index in [9.17, 15) is 9.59 Å². The molecule has 0 spiro atoms. The van der Waals surface area contributed by atoms with Gasteiger partial charge in [-0.15, -0.1) is 5.10 Å². The number of fused-ring (bicyclic) bond motifs is 1. The van der Waals surface area contributed by atoms with Crippen LogP contribution < -0.4 is 10.9 Å². The van der Waals surface area contributed by atoms with E-state index in [4.69, 9.17) is 11.6 Å². The molecule has 7 nitrogen and oxygen atoms in total. The fourth-order valence-electron chi connectivity index (χ4n) is 2.70. The van der Waals surface area contributed by atoms with Crippen molar-refractivity contribution in [2.24, 2.45) is 0 Å². The van der Waals surface area contributed by atoms with Gasteiger partial charge in [-0.1, -0.05) is 48.0 Å². The number of H-pyrrole nitrogens is 1. The van der Waals surface area contributed by atoms with Crippen molar-refractivity contribution in [3.8, 4) is 0 Å². The average molecular weight is 380 g/mol. The molecule has 4 rings (SSSR count). The molecule has 0 aliphatic carbocycles. The first-order chi connectivity index (χ1) is 13.1. The van der Waals surface area contributed by atoms with Crippen molar-refractivity contribution in [2.45, 2.75) is 6.42 Å². The lowest BCUT2D eigenvalue weighted by molar-refractivity contribution is 0.102. The molecule has 0 aliphatic heterocycles. The van der Waals surface area contributed by atoms with E-state index in [1.165, 1.54) is 10.6 Å². The van der Waals surface area contributed by atoms with Crippen molar-refractivity contribution in [3.63, 3.8) is 0 Å². The van der Waals surface area contributed by atoms with E-state index in [-0.39, 0.29) is 17.2 Å². The van der Waals surface area contributed by atoms with Gasteiger partial charge in [-0.25, -0.2) is 0 Å². The summed E-state index contributed by atoms with van der Waals surface area (Å²) in [6.45, 7) is 0. The van der Waals surface area contributed by atoms with Gasteiger partial charge in [0.25, 0.3) is 11.5 Å². The Kier molecular flexibility index (Phi) is 4.43. The molecular weight excluding hydrogens is 366 g/mol. The van der Waals surface area contributed by atoms with Crippen LogP contribution in [0, 0.1) is 0 Å². The molecule has 8 heteroatoms. The van der Waals surface area contributed by atoms with Crippen molar-refractivity contribution in [3.05, 3.63) is 93.0 Å². The fourth-order valence-corrected chi connectivity index (χ4v) is 2.89. The minimum Gasteiger partial charge on any atom is -0.306 e. The summed E-state index contributed by atoms with van der Waals surface area (Å²) in [5.74, 6) is 0.617. The maximum Gasteiger partial charge on any atom is 0.256 e. The van der Waals surface area contributed by atoms with E-state index in [2.05, 4.69) is 20.4 Å². The summed E-state index contributed by atoms with van der Waals surface area (Å²) in [5, 5.41) is 7.55. The van der Waals surface area contributed by atoms with Crippen LogP contribution in [0.5, 0.6) is 0 Å². The second-order valence-electron chi connectivity index (χ2n) is 5.91. The number of aromatic amines is 1. The Morgan fingerprint density at radius 1 is 1.11 bits per heavy atom. The number of rotatable bonds is 4. The first-order valence-electron chi connectivity index (χ1n) is 8.18. The van der Waals surface area contributed by atoms with Gasteiger partial charge in [-0.05, 0) is 23.8 Å². The van der Waals surface area contributed by atoms with Gasteiger partial charge >= 0.3 is 0 Å². The third kappa shape index (κ3) is 3.73. The topological polar surface area (TPSA) is 92.1 Å². The van der Waals surface area contributed by atoms with Gasteiger partial charge in [0, 0.05) is 23.1 Å². The molecule has 2 N–H and O–H groups in total. The van der Waals surface area contributed by atoms with Crippen LogP contribution in [0.4, 0.5) is 5.82 Å². The number of hydrogen-bond donors (Lipinski definition) is 2. The van der Waals surface area contributed by atoms with Crippen LogP contribution in [0.3, 0.4) is 0 Å². The van der Waals surface area contributed by atoms with Gasteiger partial charge in [0.1, 0.15) is 5.82 Å². The molecule has 2 heterocycles. The monoisotopic (exact) mass is 379 g/mol. The summed E-state index contributed by atoms with van der Waals surface area (Å²) in [6.07, 6.45) is 0.506. The summed E-state index contributed by atoms with van der Waals surface area (Å²) in [6, 6.07) is 17.5. The average Bonchev–Trinajstić information content (AvgIpc) is 3.05. The van der Waals surface area contributed by atoms with E-state index in [0.717, 1.165) is 5.56 Å². The Morgan fingerprint density at radius 2 is 1.93 bits per heavy atom. The molecule has 0 saturated carbocycles. The van der Waals surface area contributed by atoms with Gasteiger partial charge in [0.15, 0.2) is 5.82 Å². The van der Waals surface area contributed by atoms with Crippen molar-refractivity contribution in [2.75, 3.05) is 5.32 Å². The molecule has 2 aromatic heterocycles. The molecule has 134 valence electrons. The van der Waals surface area contributed by atoms with Gasteiger partial charge in [-0.3, -0.25) is 14.6 Å².